The number of aryl methyl sites for hydroxylation is 2. The van der Waals surface area contributed by atoms with Crippen molar-refractivity contribution in [1.82, 2.24) is 19.5 Å². The summed E-state index contributed by atoms with van der Waals surface area (Å²) in [4.78, 5) is 16.1. The molecule has 4 rings (SSSR count). The molecule has 26 heavy (non-hydrogen) atoms. The number of fused-ring (bicyclic) bond motifs is 1. The monoisotopic (exact) mass is 343 g/mol. The smallest absolute Gasteiger partial charge is 0.139 e. The van der Waals surface area contributed by atoms with Crippen LogP contribution in [0.3, 0.4) is 0 Å². The van der Waals surface area contributed by atoms with Crippen molar-refractivity contribution in [3.8, 4) is 5.69 Å². The number of hydrogen-bond acceptors (Lipinski definition) is 4. The number of imidazole rings is 1. The van der Waals surface area contributed by atoms with Gasteiger partial charge in [0.2, 0.25) is 0 Å². The molecule has 2 aromatic heterocycles. The summed E-state index contributed by atoms with van der Waals surface area (Å²) >= 11 is 0. The quantitative estimate of drug-likeness (QED) is 0.555. The minimum atomic E-state index is 0.746. The molecule has 0 aliphatic carbocycles. The van der Waals surface area contributed by atoms with E-state index in [1.54, 1.807) is 0 Å². The highest BCUT2D eigenvalue weighted by Gasteiger charge is 2.11. The molecule has 2 heterocycles. The van der Waals surface area contributed by atoms with E-state index in [2.05, 4.69) is 27.8 Å². The molecular weight excluding hydrogens is 322 g/mol. The summed E-state index contributed by atoms with van der Waals surface area (Å²) in [6.45, 7) is 0. The van der Waals surface area contributed by atoms with Gasteiger partial charge in [0.25, 0.3) is 0 Å². The summed E-state index contributed by atoms with van der Waals surface area (Å²) in [5.41, 5.74) is 2.10. The lowest BCUT2D eigenvalue weighted by molar-refractivity contribution is 0.790. The molecule has 0 saturated carbocycles. The van der Waals surface area contributed by atoms with Gasteiger partial charge in [-0.1, -0.05) is 30.3 Å². The van der Waals surface area contributed by atoms with Gasteiger partial charge >= 0.3 is 0 Å². The number of para-hydroxylation sites is 2. The molecule has 130 valence electrons. The van der Waals surface area contributed by atoms with Crippen LogP contribution in [0.25, 0.3) is 16.6 Å². The molecule has 0 bridgehead atoms. The number of benzene rings is 2. The Bertz CT molecular complexity index is 1020. The van der Waals surface area contributed by atoms with Crippen LogP contribution >= 0.6 is 0 Å². The van der Waals surface area contributed by atoms with Gasteiger partial charge in [-0.05, 0) is 24.3 Å². The SMILES string of the molecule is CN(C)c1nc(CCc2nccn2-c2ccccc2)nc2ccccc12. The summed E-state index contributed by atoms with van der Waals surface area (Å²) in [6.07, 6.45) is 5.37. The van der Waals surface area contributed by atoms with E-state index in [1.807, 2.05) is 67.8 Å². The van der Waals surface area contributed by atoms with Crippen LogP contribution in [-0.2, 0) is 12.8 Å². The van der Waals surface area contributed by atoms with E-state index in [4.69, 9.17) is 9.97 Å². The summed E-state index contributed by atoms with van der Waals surface area (Å²) in [5.74, 6) is 2.81. The number of aromatic nitrogens is 4. The molecule has 0 radical (unpaired) electrons. The zero-order valence-corrected chi connectivity index (χ0v) is 15.0. The van der Waals surface area contributed by atoms with Crippen molar-refractivity contribution < 1.29 is 0 Å². The van der Waals surface area contributed by atoms with Crippen LogP contribution < -0.4 is 4.90 Å². The average Bonchev–Trinajstić information content (AvgIpc) is 3.15. The van der Waals surface area contributed by atoms with Gasteiger partial charge in [-0.3, -0.25) is 0 Å². The van der Waals surface area contributed by atoms with Crippen molar-refractivity contribution in [1.29, 1.82) is 0 Å². The van der Waals surface area contributed by atoms with Gasteiger partial charge < -0.3 is 9.47 Å². The number of hydrogen-bond donors (Lipinski definition) is 0. The van der Waals surface area contributed by atoms with Crippen LogP contribution in [0.1, 0.15) is 11.6 Å². The molecule has 0 aliphatic rings. The predicted octanol–water partition coefficient (Wildman–Crippen LogP) is 3.67. The maximum Gasteiger partial charge on any atom is 0.139 e. The van der Waals surface area contributed by atoms with Gasteiger partial charge in [-0.15, -0.1) is 0 Å². The second kappa shape index (κ2) is 6.96. The first kappa shape index (κ1) is 16.3. The molecule has 0 saturated heterocycles. The summed E-state index contributed by atoms with van der Waals surface area (Å²) in [7, 11) is 4.03. The zero-order chi connectivity index (χ0) is 17.9. The minimum Gasteiger partial charge on any atom is -0.362 e. The average molecular weight is 343 g/mol. The highest BCUT2D eigenvalue weighted by atomic mass is 15.2. The van der Waals surface area contributed by atoms with Crippen molar-refractivity contribution >= 4 is 16.7 Å². The predicted molar refractivity (Wildman–Crippen MR) is 105 cm³/mol. The summed E-state index contributed by atoms with van der Waals surface area (Å²) < 4.78 is 2.12. The molecule has 0 fully saturated rings. The number of anilines is 1. The topological polar surface area (TPSA) is 46.8 Å². The summed E-state index contributed by atoms with van der Waals surface area (Å²) in [6, 6.07) is 18.4. The third-order valence-electron chi connectivity index (χ3n) is 4.38. The van der Waals surface area contributed by atoms with Crippen molar-refractivity contribution in [3.05, 3.63) is 78.6 Å². The third-order valence-corrected chi connectivity index (χ3v) is 4.38. The largest absolute Gasteiger partial charge is 0.362 e. The normalized spacial score (nSPS) is 11.0. The third kappa shape index (κ3) is 3.16. The molecule has 0 N–H and O–H groups in total. The lowest BCUT2D eigenvalue weighted by Gasteiger charge is -2.15. The number of nitrogens with zero attached hydrogens (tertiary/aromatic N) is 5. The second-order valence-electron chi connectivity index (χ2n) is 6.42. The molecule has 4 aromatic rings. The standard InChI is InChI=1S/C21H21N5/c1-25(2)21-17-10-6-7-11-18(17)23-19(24-21)12-13-20-22-14-15-26(20)16-8-4-3-5-9-16/h3-11,14-15H,12-13H2,1-2H3. The van der Waals surface area contributed by atoms with Gasteiger partial charge in [0.15, 0.2) is 0 Å². The van der Waals surface area contributed by atoms with Gasteiger partial charge in [0.05, 0.1) is 5.52 Å². The van der Waals surface area contributed by atoms with E-state index >= 15 is 0 Å². The molecule has 0 unspecified atom stereocenters. The maximum atomic E-state index is 4.78. The Morgan fingerprint density at radius 1 is 0.885 bits per heavy atom. The molecule has 5 nitrogen and oxygen atoms in total. The highest BCUT2D eigenvalue weighted by molar-refractivity contribution is 5.89. The van der Waals surface area contributed by atoms with Gasteiger partial charge in [-0.2, -0.15) is 0 Å². The first-order chi connectivity index (χ1) is 12.7. The van der Waals surface area contributed by atoms with Crippen molar-refractivity contribution in [2.45, 2.75) is 12.8 Å². The Balaban J connectivity index is 1.63. The molecule has 2 aromatic carbocycles. The van der Waals surface area contributed by atoms with Crippen LogP contribution in [-0.4, -0.2) is 33.6 Å². The molecule has 0 atom stereocenters. The van der Waals surface area contributed by atoms with E-state index in [0.717, 1.165) is 46.9 Å². The van der Waals surface area contributed by atoms with Crippen LogP contribution in [0.5, 0.6) is 0 Å². The fourth-order valence-electron chi connectivity index (χ4n) is 3.13. The van der Waals surface area contributed by atoms with Crippen molar-refractivity contribution in [3.63, 3.8) is 0 Å². The maximum absolute atomic E-state index is 4.78. The van der Waals surface area contributed by atoms with Gasteiger partial charge in [-0.25, -0.2) is 15.0 Å². The van der Waals surface area contributed by atoms with Crippen molar-refractivity contribution in [2.75, 3.05) is 19.0 Å². The van der Waals surface area contributed by atoms with E-state index in [-0.39, 0.29) is 0 Å². The first-order valence-electron chi connectivity index (χ1n) is 8.73. The Kier molecular flexibility index (Phi) is 4.35. The van der Waals surface area contributed by atoms with E-state index < -0.39 is 0 Å². The van der Waals surface area contributed by atoms with E-state index in [0.29, 0.717) is 0 Å². The Hall–Kier alpha value is -3.21. The Labute approximate surface area is 153 Å². The first-order valence-corrected chi connectivity index (χ1v) is 8.73. The van der Waals surface area contributed by atoms with Gasteiger partial charge in [0, 0.05) is 50.4 Å². The minimum absolute atomic E-state index is 0.746. The zero-order valence-electron chi connectivity index (χ0n) is 15.0. The van der Waals surface area contributed by atoms with Gasteiger partial charge in [0.1, 0.15) is 17.5 Å². The summed E-state index contributed by atoms with van der Waals surface area (Å²) in [5, 5.41) is 1.08. The molecule has 0 spiro atoms. The van der Waals surface area contributed by atoms with Crippen molar-refractivity contribution in [2.24, 2.45) is 0 Å². The van der Waals surface area contributed by atoms with E-state index in [9.17, 15) is 0 Å². The molecule has 0 amide bonds. The fourth-order valence-corrected chi connectivity index (χ4v) is 3.13. The molecule has 0 aliphatic heterocycles. The molecular formula is C21H21N5. The second-order valence-corrected chi connectivity index (χ2v) is 6.42. The van der Waals surface area contributed by atoms with E-state index in [1.165, 1.54) is 0 Å². The fraction of sp³-hybridized carbons (Fsp3) is 0.190. The van der Waals surface area contributed by atoms with Crippen LogP contribution in [0, 0.1) is 0 Å². The Morgan fingerprint density at radius 3 is 2.46 bits per heavy atom. The van der Waals surface area contributed by atoms with Crippen LogP contribution in [0.4, 0.5) is 5.82 Å². The van der Waals surface area contributed by atoms with Crippen LogP contribution in [0.2, 0.25) is 0 Å². The lowest BCUT2D eigenvalue weighted by atomic mass is 10.2. The molecule has 5 heteroatoms. The highest BCUT2D eigenvalue weighted by Crippen LogP contribution is 2.22. The lowest BCUT2D eigenvalue weighted by Crippen LogP contribution is -2.14. The Morgan fingerprint density at radius 2 is 1.65 bits per heavy atom. The number of rotatable bonds is 5. The van der Waals surface area contributed by atoms with Crippen LogP contribution in [0.15, 0.2) is 67.0 Å².